The number of amides is 1. The van der Waals surface area contributed by atoms with Crippen molar-refractivity contribution in [3.8, 4) is 5.88 Å². The van der Waals surface area contributed by atoms with Crippen molar-refractivity contribution < 1.29 is 23.4 Å². The Labute approximate surface area is 142 Å². The minimum absolute atomic E-state index is 0.0841. The molecule has 9 heteroatoms. The van der Waals surface area contributed by atoms with Gasteiger partial charge in [-0.15, -0.1) is 0 Å². The number of rotatable bonds is 4. The molecule has 0 atom stereocenters. The van der Waals surface area contributed by atoms with Crippen molar-refractivity contribution in [2.45, 2.75) is 18.9 Å². The molecule has 0 radical (unpaired) electrons. The van der Waals surface area contributed by atoms with Crippen LogP contribution in [0, 0.1) is 11.6 Å². The molecule has 2 heterocycles. The number of aromatic nitrogens is 2. The molecule has 1 saturated heterocycles. The van der Waals surface area contributed by atoms with E-state index in [9.17, 15) is 13.6 Å². The lowest BCUT2D eigenvalue weighted by atomic mass is 10.1. The van der Waals surface area contributed by atoms with Gasteiger partial charge in [0.2, 0.25) is 5.88 Å². The lowest BCUT2D eigenvalue weighted by Gasteiger charge is -2.29. The molecule has 0 bridgehead atoms. The standard InChI is InChI=1S/C16H16F2N4O3/c17-10-1-2-13(12(18)7-10)21-14-8-15(20-9-19-14)25-11-3-5-22(6-4-11)16(23)24/h1-2,7-9,11H,3-6H2,(H,23,24)(H,19,20,21). The first-order chi connectivity index (χ1) is 12.0. The Hall–Kier alpha value is -2.97. The number of anilines is 2. The molecule has 0 spiro atoms. The summed E-state index contributed by atoms with van der Waals surface area (Å²) in [5.74, 6) is -0.795. The maximum atomic E-state index is 13.7. The number of ether oxygens (including phenoxy) is 1. The van der Waals surface area contributed by atoms with Crippen LogP contribution in [0.1, 0.15) is 12.8 Å². The Morgan fingerprint density at radius 3 is 2.68 bits per heavy atom. The van der Waals surface area contributed by atoms with Gasteiger partial charge in [0.1, 0.15) is 29.9 Å². The van der Waals surface area contributed by atoms with Gasteiger partial charge in [0.15, 0.2) is 0 Å². The van der Waals surface area contributed by atoms with Gasteiger partial charge >= 0.3 is 6.09 Å². The summed E-state index contributed by atoms with van der Waals surface area (Å²) in [6, 6.07) is 4.69. The van der Waals surface area contributed by atoms with Crippen LogP contribution in [0.5, 0.6) is 5.88 Å². The van der Waals surface area contributed by atoms with E-state index in [4.69, 9.17) is 9.84 Å². The van der Waals surface area contributed by atoms with Gasteiger partial charge in [-0.1, -0.05) is 0 Å². The van der Waals surface area contributed by atoms with E-state index in [2.05, 4.69) is 15.3 Å². The molecule has 7 nitrogen and oxygen atoms in total. The number of carbonyl (C=O) groups is 1. The zero-order valence-electron chi connectivity index (χ0n) is 13.2. The fraction of sp³-hybridized carbons (Fsp3) is 0.312. The second-order valence-electron chi connectivity index (χ2n) is 5.58. The molecule has 1 aliphatic heterocycles. The van der Waals surface area contributed by atoms with Crippen molar-refractivity contribution >= 4 is 17.6 Å². The summed E-state index contributed by atoms with van der Waals surface area (Å²) in [5, 5.41) is 11.7. The SMILES string of the molecule is O=C(O)N1CCC(Oc2cc(Nc3ccc(F)cc3F)ncn2)CC1. The Morgan fingerprint density at radius 2 is 2.00 bits per heavy atom. The fourth-order valence-corrected chi connectivity index (χ4v) is 2.54. The third-order valence-corrected chi connectivity index (χ3v) is 3.84. The van der Waals surface area contributed by atoms with Gasteiger partial charge in [0.25, 0.3) is 0 Å². The summed E-state index contributed by atoms with van der Waals surface area (Å²) in [4.78, 5) is 20.2. The average Bonchev–Trinajstić information content (AvgIpc) is 2.58. The highest BCUT2D eigenvalue weighted by atomic mass is 19.1. The van der Waals surface area contributed by atoms with E-state index in [1.807, 2.05) is 0 Å². The molecular formula is C16H16F2N4O3. The summed E-state index contributed by atoms with van der Waals surface area (Å²) < 4.78 is 32.4. The topological polar surface area (TPSA) is 87.6 Å². The second kappa shape index (κ2) is 7.29. The molecule has 132 valence electrons. The Balaban J connectivity index is 1.63. The number of hydrogen-bond donors (Lipinski definition) is 2. The van der Waals surface area contributed by atoms with E-state index >= 15 is 0 Å². The minimum Gasteiger partial charge on any atom is -0.474 e. The largest absolute Gasteiger partial charge is 0.474 e. The van der Waals surface area contributed by atoms with Crippen LogP contribution in [0.25, 0.3) is 0 Å². The summed E-state index contributed by atoms with van der Waals surface area (Å²) in [6.45, 7) is 0.800. The molecule has 1 aromatic heterocycles. The number of carboxylic acid groups (broad SMARTS) is 1. The van der Waals surface area contributed by atoms with Gasteiger partial charge in [-0.3, -0.25) is 0 Å². The highest BCUT2D eigenvalue weighted by Gasteiger charge is 2.23. The maximum Gasteiger partial charge on any atom is 0.407 e. The van der Waals surface area contributed by atoms with Crippen molar-refractivity contribution in [1.82, 2.24) is 14.9 Å². The third kappa shape index (κ3) is 4.31. The number of benzene rings is 1. The Morgan fingerprint density at radius 1 is 1.24 bits per heavy atom. The molecule has 3 rings (SSSR count). The predicted octanol–water partition coefficient (Wildman–Crippen LogP) is 3.02. The van der Waals surface area contributed by atoms with Crippen LogP contribution in [-0.4, -0.2) is 45.3 Å². The van der Waals surface area contributed by atoms with Crippen LogP contribution in [0.4, 0.5) is 25.1 Å². The van der Waals surface area contributed by atoms with E-state index in [-0.39, 0.29) is 11.8 Å². The third-order valence-electron chi connectivity index (χ3n) is 3.84. The summed E-state index contributed by atoms with van der Waals surface area (Å²) in [7, 11) is 0. The summed E-state index contributed by atoms with van der Waals surface area (Å²) >= 11 is 0. The van der Waals surface area contributed by atoms with E-state index in [0.717, 1.165) is 12.1 Å². The normalized spacial score (nSPS) is 15.0. The van der Waals surface area contributed by atoms with Crippen LogP contribution in [0.15, 0.2) is 30.6 Å². The summed E-state index contributed by atoms with van der Waals surface area (Å²) in [6.07, 6.45) is 1.30. The van der Waals surface area contributed by atoms with E-state index < -0.39 is 17.7 Å². The van der Waals surface area contributed by atoms with Crippen LogP contribution in [-0.2, 0) is 0 Å². The molecule has 1 aromatic carbocycles. The lowest BCUT2D eigenvalue weighted by molar-refractivity contribution is 0.0870. The van der Waals surface area contributed by atoms with Gasteiger partial charge in [-0.2, -0.15) is 0 Å². The van der Waals surface area contributed by atoms with Crippen molar-refractivity contribution in [1.29, 1.82) is 0 Å². The highest BCUT2D eigenvalue weighted by molar-refractivity contribution is 5.65. The van der Waals surface area contributed by atoms with Gasteiger partial charge in [0, 0.05) is 38.1 Å². The molecule has 1 amide bonds. The first kappa shape index (κ1) is 16.9. The smallest absolute Gasteiger partial charge is 0.407 e. The molecule has 0 unspecified atom stereocenters. The quantitative estimate of drug-likeness (QED) is 0.881. The molecular weight excluding hydrogens is 334 g/mol. The number of piperidine rings is 1. The molecule has 2 N–H and O–H groups in total. The Bertz CT molecular complexity index is 767. The molecule has 2 aromatic rings. The van der Waals surface area contributed by atoms with E-state index in [0.29, 0.717) is 37.6 Å². The fourth-order valence-electron chi connectivity index (χ4n) is 2.54. The van der Waals surface area contributed by atoms with Gasteiger partial charge in [-0.05, 0) is 12.1 Å². The lowest BCUT2D eigenvalue weighted by Crippen LogP contribution is -2.41. The van der Waals surface area contributed by atoms with Crippen LogP contribution >= 0.6 is 0 Å². The van der Waals surface area contributed by atoms with Crippen LogP contribution in [0.2, 0.25) is 0 Å². The maximum absolute atomic E-state index is 13.7. The van der Waals surface area contributed by atoms with E-state index in [1.54, 1.807) is 0 Å². The number of likely N-dealkylation sites (tertiary alicyclic amines) is 1. The van der Waals surface area contributed by atoms with Gasteiger partial charge < -0.3 is 20.1 Å². The molecule has 25 heavy (non-hydrogen) atoms. The Kier molecular flexibility index (Phi) is 4.92. The number of nitrogens with zero attached hydrogens (tertiary/aromatic N) is 3. The number of halogens is 2. The first-order valence-corrected chi connectivity index (χ1v) is 7.70. The monoisotopic (exact) mass is 350 g/mol. The molecule has 0 saturated carbocycles. The van der Waals surface area contributed by atoms with Crippen LogP contribution in [0.3, 0.4) is 0 Å². The van der Waals surface area contributed by atoms with E-state index in [1.165, 1.54) is 23.4 Å². The zero-order chi connectivity index (χ0) is 17.8. The highest BCUT2D eigenvalue weighted by Crippen LogP contribution is 2.23. The van der Waals surface area contributed by atoms with Crippen molar-refractivity contribution in [3.05, 3.63) is 42.2 Å². The van der Waals surface area contributed by atoms with Crippen LogP contribution < -0.4 is 10.1 Å². The minimum atomic E-state index is -0.937. The molecule has 0 aliphatic carbocycles. The van der Waals surface area contributed by atoms with Crippen molar-refractivity contribution in [2.75, 3.05) is 18.4 Å². The summed E-state index contributed by atoms with van der Waals surface area (Å²) in [5.41, 5.74) is 0.0841. The molecule has 1 fully saturated rings. The van der Waals surface area contributed by atoms with Crippen molar-refractivity contribution in [3.63, 3.8) is 0 Å². The number of nitrogens with one attached hydrogen (secondary N) is 1. The van der Waals surface area contributed by atoms with Gasteiger partial charge in [0.05, 0.1) is 5.69 Å². The van der Waals surface area contributed by atoms with Gasteiger partial charge in [-0.25, -0.2) is 23.5 Å². The average molecular weight is 350 g/mol. The zero-order valence-corrected chi connectivity index (χ0v) is 13.2. The first-order valence-electron chi connectivity index (χ1n) is 7.70. The predicted molar refractivity (Wildman–Crippen MR) is 84.9 cm³/mol. The number of hydrogen-bond acceptors (Lipinski definition) is 5. The second-order valence-corrected chi connectivity index (χ2v) is 5.58. The van der Waals surface area contributed by atoms with Crippen molar-refractivity contribution in [2.24, 2.45) is 0 Å². The molecule has 1 aliphatic rings.